The minimum atomic E-state index is 0.648. The Hall–Kier alpha value is -0.800. The molecule has 2 rings (SSSR count). The van der Waals surface area contributed by atoms with Gasteiger partial charge >= 0.3 is 0 Å². The highest BCUT2D eigenvalue weighted by molar-refractivity contribution is 5.05. The smallest absolute Gasteiger partial charge is 0.117 e. The van der Waals surface area contributed by atoms with Crippen LogP contribution < -0.4 is 10.6 Å². The van der Waals surface area contributed by atoms with Gasteiger partial charge in [-0.15, -0.1) is 0 Å². The second-order valence-electron chi connectivity index (χ2n) is 4.29. The molecule has 1 atom stereocenters. The van der Waals surface area contributed by atoms with Crippen molar-refractivity contribution in [2.24, 2.45) is 0 Å². The van der Waals surface area contributed by atoms with E-state index in [1.807, 2.05) is 19.1 Å². The molecule has 0 spiro atoms. The van der Waals surface area contributed by atoms with Crippen LogP contribution >= 0.6 is 0 Å². The fraction of sp³-hybridized carbons (Fsp3) is 0.667. The van der Waals surface area contributed by atoms with Crippen LogP contribution in [0.2, 0.25) is 0 Å². The monoisotopic (exact) mass is 208 g/mol. The van der Waals surface area contributed by atoms with Gasteiger partial charge in [-0.3, -0.25) is 0 Å². The van der Waals surface area contributed by atoms with Gasteiger partial charge in [-0.1, -0.05) is 6.42 Å². The standard InChI is InChI=1S/C12H20N2O/c1-10-5-6-12(15-10)9-13-8-11-4-2-3-7-14-11/h5-6,11,13-14H,2-4,7-9H2,1H3. The quantitative estimate of drug-likeness (QED) is 0.792. The maximum atomic E-state index is 5.49. The Morgan fingerprint density at radius 2 is 2.40 bits per heavy atom. The molecule has 3 heteroatoms. The van der Waals surface area contributed by atoms with E-state index in [4.69, 9.17) is 4.42 Å². The number of hydrogen-bond acceptors (Lipinski definition) is 3. The average molecular weight is 208 g/mol. The molecule has 1 saturated heterocycles. The predicted molar refractivity (Wildman–Crippen MR) is 60.8 cm³/mol. The molecule has 3 nitrogen and oxygen atoms in total. The summed E-state index contributed by atoms with van der Waals surface area (Å²) in [5, 5.41) is 6.95. The van der Waals surface area contributed by atoms with Crippen LogP contribution in [0.5, 0.6) is 0 Å². The highest BCUT2D eigenvalue weighted by Gasteiger charge is 2.11. The number of hydrogen-bond donors (Lipinski definition) is 2. The summed E-state index contributed by atoms with van der Waals surface area (Å²) in [7, 11) is 0. The van der Waals surface area contributed by atoms with E-state index in [9.17, 15) is 0 Å². The van der Waals surface area contributed by atoms with Gasteiger partial charge in [0, 0.05) is 12.6 Å². The van der Waals surface area contributed by atoms with Crippen LogP contribution in [-0.4, -0.2) is 19.1 Å². The average Bonchev–Trinajstić information content (AvgIpc) is 2.66. The molecule has 84 valence electrons. The largest absolute Gasteiger partial charge is 0.465 e. The van der Waals surface area contributed by atoms with Crippen LogP contribution in [0.4, 0.5) is 0 Å². The predicted octanol–water partition coefficient (Wildman–Crippen LogP) is 1.82. The molecular formula is C12H20N2O. The van der Waals surface area contributed by atoms with Gasteiger partial charge in [0.1, 0.15) is 11.5 Å². The highest BCUT2D eigenvalue weighted by Crippen LogP contribution is 2.07. The molecule has 1 aliphatic heterocycles. The fourth-order valence-electron chi connectivity index (χ4n) is 2.05. The Kier molecular flexibility index (Phi) is 3.80. The number of nitrogens with one attached hydrogen (secondary N) is 2. The van der Waals surface area contributed by atoms with Gasteiger partial charge in [0.15, 0.2) is 0 Å². The van der Waals surface area contributed by atoms with E-state index >= 15 is 0 Å². The molecule has 0 aliphatic carbocycles. The van der Waals surface area contributed by atoms with Gasteiger partial charge in [0.25, 0.3) is 0 Å². The summed E-state index contributed by atoms with van der Waals surface area (Å²) in [5.74, 6) is 2.02. The summed E-state index contributed by atoms with van der Waals surface area (Å²) in [6, 6.07) is 4.70. The zero-order valence-electron chi connectivity index (χ0n) is 9.38. The third-order valence-corrected chi connectivity index (χ3v) is 2.90. The Morgan fingerprint density at radius 3 is 3.07 bits per heavy atom. The van der Waals surface area contributed by atoms with Crippen molar-refractivity contribution in [1.82, 2.24) is 10.6 Å². The molecule has 0 radical (unpaired) electrons. The molecule has 1 aromatic rings. The molecule has 0 saturated carbocycles. The summed E-state index contributed by atoms with van der Waals surface area (Å²) < 4.78 is 5.49. The third-order valence-electron chi connectivity index (χ3n) is 2.90. The molecule has 1 fully saturated rings. The second-order valence-corrected chi connectivity index (χ2v) is 4.29. The normalized spacial score (nSPS) is 21.8. The molecule has 1 unspecified atom stereocenters. The number of aryl methyl sites for hydroxylation is 1. The number of rotatable bonds is 4. The zero-order chi connectivity index (χ0) is 10.5. The fourth-order valence-corrected chi connectivity index (χ4v) is 2.05. The number of piperidine rings is 1. The van der Waals surface area contributed by atoms with Crippen LogP contribution in [0, 0.1) is 6.92 Å². The van der Waals surface area contributed by atoms with Crippen molar-refractivity contribution in [2.75, 3.05) is 13.1 Å². The maximum absolute atomic E-state index is 5.49. The lowest BCUT2D eigenvalue weighted by molar-refractivity contribution is 0.374. The lowest BCUT2D eigenvalue weighted by atomic mass is 10.1. The Labute approximate surface area is 91.2 Å². The van der Waals surface area contributed by atoms with Gasteiger partial charge in [-0.05, 0) is 38.4 Å². The number of furan rings is 1. The molecule has 0 bridgehead atoms. The first-order chi connectivity index (χ1) is 7.34. The van der Waals surface area contributed by atoms with Crippen LogP contribution in [0.3, 0.4) is 0 Å². The summed E-state index contributed by atoms with van der Waals surface area (Å²) >= 11 is 0. The molecule has 0 aromatic carbocycles. The van der Waals surface area contributed by atoms with Crippen molar-refractivity contribution in [3.63, 3.8) is 0 Å². The van der Waals surface area contributed by atoms with E-state index in [1.54, 1.807) is 0 Å². The second kappa shape index (κ2) is 5.33. The van der Waals surface area contributed by atoms with Crippen molar-refractivity contribution < 1.29 is 4.42 Å². The highest BCUT2D eigenvalue weighted by atomic mass is 16.3. The minimum Gasteiger partial charge on any atom is -0.465 e. The topological polar surface area (TPSA) is 37.2 Å². The van der Waals surface area contributed by atoms with Crippen molar-refractivity contribution in [3.05, 3.63) is 23.7 Å². The van der Waals surface area contributed by atoms with Crippen LogP contribution in [-0.2, 0) is 6.54 Å². The van der Waals surface area contributed by atoms with Gasteiger partial charge < -0.3 is 15.1 Å². The van der Waals surface area contributed by atoms with E-state index in [-0.39, 0.29) is 0 Å². The van der Waals surface area contributed by atoms with Gasteiger partial charge in [-0.2, -0.15) is 0 Å². The van der Waals surface area contributed by atoms with Crippen molar-refractivity contribution in [2.45, 2.75) is 38.8 Å². The summed E-state index contributed by atoms with van der Waals surface area (Å²) in [6.45, 7) is 5.03. The molecule has 1 aromatic heterocycles. The van der Waals surface area contributed by atoms with E-state index in [0.717, 1.165) is 24.6 Å². The third kappa shape index (κ3) is 3.36. The summed E-state index contributed by atoms with van der Waals surface area (Å²) in [4.78, 5) is 0. The first-order valence-electron chi connectivity index (χ1n) is 5.84. The van der Waals surface area contributed by atoms with E-state index in [1.165, 1.54) is 25.8 Å². The minimum absolute atomic E-state index is 0.648. The van der Waals surface area contributed by atoms with E-state index in [0.29, 0.717) is 6.04 Å². The molecule has 1 aliphatic rings. The van der Waals surface area contributed by atoms with E-state index in [2.05, 4.69) is 10.6 Å². The SMILES string of the molecule is Cc1ccc(CNCC2CCCCN2)o1. The lowest BCUT2D eigenvalue weighted by Gasteiger charge is -2.23. The van der Waals surface area contributed by atoms with Crippen molar-refractivity contribution >= 4 is 0 Å². The molecule has 2 N–H and O–H groups in total. The lowest BCUT2D eigenvalue weighted by Crippen LogP contribution is -2.41. The van der Waals surface area contributed by atoms with E-state index < -0.39 is 0 Å². The first kappa shape index (κ1) is 10.7. The van der Waals surface area contributed by atoms with Crippen molar-refractivity contribution in [1.29, 1.82) is 0 Å². The van der Waals surface area contributed by atoms with Gasteiger partial charge in [0.05, 0.1) is 6.54 Å². The Balaban J connectivity index is 1.65. The van der Waals surface area contributed by atoms with Gasteiger partial charge in [0.2, 0.25) is 0 Å². The molecule has 15 heavy (non-hydrogen) atoms. The molecule has 0 amide bonds. The Bertz CT molecular complexity index is 290. The van der Waals surface area contributed by atoms with Crippen LogP contribution in [0.1, 0.15) is 30.8 Å². The maximum Gasteiger partial charge on any atom is 0.117 e. The van der Waals surface area contributed by atoms with Crippen LogP contribution in [0.25, 0.3) is 0 Å². The summed E-state index contributed by atoms with van der Waals surface area (Å²) in [6.07, 6.45) is 3.98. The van der Waals surface area contributed by atoms with Gasteiger partial charge in [-0.25, -0.2) is 0 Å². The molecule has 2 heterocycles. The van der Waals surface area contributed by atoms with Crippen molar-refractivity contribution in [3.8, 4) is 0 Å². The molecular weight excluding hydrogens is 188 g/mol. The van der Waals surface area contributed by atoms with Crippen LogP contribution in [0.15, 0.2) is 16.5 Å². The summed E-state index contributed by atoms with van der Waals surface area (Å²) in [5.41, 5.74) is 0. The first-order valence-corrected chi connectivity index (χ1v) is 5.84. The Morgan fingerprint density at radius 1 is 1.47 bits per heavy atom. The zero-order valence-corrected chi connectivity index (χ0v) is 9.38.